The number of guanidine groups is 1. The zero-order valence-corrected chi connectivity index (χ0v) is 15.1. The van der Waals surface area contributed by atoms with Crippen molar-refractivity contribution in [3.8, 4) is 0 Å². The van der Waals surface area contributed by atoms with E-state index in [4.69, 9.17) is 15.2 Å². The number of rotatable bonds is 9. The normalized spacial score (nSPS) is 14.9. The Hall–Kier alpha value is -0.0800. The Morgan fingerprint density at radius 1 is 1.32 bits per heavy atom. The van der Waals surface area contributed by atoms with E-state index in [-0.39, 0.29) is 36.1 Å². The van der Waals surface area contributed by atoms with Crippen LogP contribution in [-0.2, 0) is 9.47 Å². The first-order valence-electron chi connectivity index (χ1n) is 6.68. The second-order valence-electron chi connectivity index (χ2n) is 4.79. The predicted octanol–water partition coefficient (Wildman–Crippen LogP) is 1.99. The van der Waals surface area contributed by atoms with Crippen LogP contribution in [0.5, 0.6) is 0 Å². The molecular formula is C13H30IN3O2. The Labute approximate surface area is 134 Å². The van der Waals surface area contributed by atoms with Crippen LogP contribution in [0.2, 0.25) is 0 Å². The fourth-order valence-electron chi connectivity index (χ4n) is 1.73. The van der Waals surface area contributed by atoms with Gasteiger partial charge >= 0.3 is 0 Å². The molecule has 0 amide bonds. The molecule has 0 radical (unpaired) electrons. The molecule has 5 nitrogen and oxygen atoms in total. The Balaban J connectivity index is 0. The van der Waals surface area contributed by atoms with Crippen molar-refractivity contribution >= 4 is 29.9 Å². The second kappa shape index (κ2) is 12.9. The molecule has 0 aliphatic heterocycles. The highest BCUT2D eigenvalue weighted by Crippen LogP contribution is 2.10. The lowest BCUT2D eigenvalue weighted by Crippen LogP contribution is -2.40. The first kappa shape index (κ1) is 21.2. The van der Waals surface area contributed by atoms with Crippen LogP contribution in [0.15, 0.2) is 4.99 Å². The molecule has 6 heteroatoms. The number of nitrogens with two attached hydrogens (primary N) is 1. The minimum Gasteiger partial charge on any atom is -0.383 e. The Kier molecular flexibility index (Phi) is 14.4. The second-order valence-corrected chi connectivity index (χ2v) is 4.79. The third-order valence-electron chi connectivity index (χ3n) is 2.63. The summed E-state index contributed by atoms with van der Waals surface area (Å²) in [5.74, 6) is 0.973. The summed E-state index contributed by atoms with van der Waals surface area (Å²) < 4.78 is 10.7. The van der Waals surface area contributed by atoms with Crippen molar-refractivity contribution in [2.75, 3.05) is 26.9 Å². The van der Waals surface area contributed by atoms with E-state index in [0.717, 1.165) is 13.0 Å². The number of nitrogens with one attached hydrogen (secondary N) is 1. The molecule has 116 valence electrons. The van der Waals surface area contributed by atoms with Gasteiger partial charge in [-0.1, -0.05) is 13.8 Å². The lowest BCUT2D eigenvalue weighted by Gasteiger charge is -2.20. The molecule has 19 heavy (non-hydrogen) atoms. The lowest BCUT2D eigenvalue weighted by molar-refractivity contribution is 0.0266. The number of nitrogens with zero attached hydrogens (tertiary/aromatic N) is 1. The first-order chi connectivity index (χ1) is 8.51. The summed E-state index contributed by atoms with van der Waals surface area (Å²) in [4.78, 5) is 4.30. The standard InChI is InChI=1S/C13H29N3O2.HI/c1-6-18-12(10(2)3)7-8-15-13(14)16-11(4)9-17-5;/h10-12H,6-9H2,1-5H3,(H3,14,15,16);1H. The highest BCUT2D eigenvalue weighted by molar-refractivity contribution is 14.0. The van der Waals surface area contributed by atoms with Gasteiger partial charge < -0.3 is 20.5 Å². The summed E-state index contributed by atoms with van der Waals surface area (Å²) >= 11 is 0. The van der Waals surface area contributed by atoms with Gasteiger partial charge in [-0.2, -0.15) is 0 Å². The van der Waals surface area contributed by atoms with Gasteiger partial charge in [0, 0.05) is 26.3 Å². The predicted molar refractivity (Wildman–Crippen MR) is 91.2 cm³/mol. The largest absolute Gasteiger partial charge is 0.383 e. The average molecular weight is 387 g/mol. The Bertz CT molecular complexity index is 238. The van der Waals surface area contributed by atoms with Crippen LogP contribution in [0.3, 0.4) is 0 Å². The highest BCUT2D eigenvalue weighted by atomic mass is 127. The van der Waals surface area contributed by atoms with Crippen LogP contribution in [0.25, 0.3) is 0 Å². The molecule has 0 heterocycles. The average Bonchev–Trinajstić information content (AvgIpc) is 2.27. The van der Waals surface area contributed by atoms with Gasteiger partial charge in [0.25, 0.3) is 0 Å². The van der Waals surface area contributed by atoms with E-state index in [1.165, 1.54) is 0 Å². The fraction of sp³-hybridized carbons (Fsp3) is 0.923. The summed E-state index contributed by atoms with van der Waals surface area (Å²) in [6, 6.07) is 0.173. The molecule has 3 N–H and O–H groups in total. The number of hydrogen-bond donors (Lipinski definition) is 2. The minimum atomic E-state index is 0. The van der Waals surface area contributed by atoms with Gasteiger partial charge in [-0.3, -0.25) is 4.99 Å². The van der Waals surface area contributed by atoms with E-state index in [1.807, 2.05) is 13.8 Å². The van der Waals surface area contributed by atoms with Crippen molar-refractivity contribution in [2.45, 2.75) is 46.3 Å². The smallest absolute Gasteiger partial charge is 0.188 e. The molecule has 0 saturated heterocycles. The summed E-state index contributed by atoms with van der Waals surface area (Å²) in [6.45, 7) is 10.4. The zero-order valence-electron chi connectivity index (χ0n) is 12.8. The monoisotopic (exact) mass is 387 g/mol. The van der Waals surface area contributed by atoms with Crippen LogP contribution >= 0.6 is 24.0 Å². The quantitative estimate of drug-likeness (QED) is 0.361. The van der Waals surface area contributed by atoms with Gasteiger partial charge in [-0.05, 0) is 26.2 Å². The summed E-state index contributed by atoms with van der Waals surface area (Å²) in [5, 5.41) is 3.08. The van der Waals surface area contributed by atoms with Crippen molar-refractivity contribution in [3.05, 3.63) is 0 Å². The topological polar surface area (TPSA) is 68.9 Å². The SMILES string of the molecule is CCOC(CCN=C(N)NC(C)COC)C(C)C.I. The van der Waals surface area contributed by atoms with E-state index in [1.54, 1.807) is 7.11 Å². The van der Waals surface area contributed by atoms with E-state index in [0.29, 0.717) is 25.0 Å². The molecule has 0 aliphatic carbocycles. The molecule has 0 saturated carbocycles. The van der Waals surface area contributed by atoms with Crippen LogP contribution in [0.1, 0.15) is 34.1 Å². The van der Waals surface area contributed by atoms with Gasteiger partial charge in [0.15, 0.2) is 5.96 Å². The maximum Gasteiger partial charge on any atom is 0.188 e. The molecular weight excluding hydrogens is 357 g/mol. The van der Waals surface area contributed by atoms with E-state index >= 15 is 0 Å². The van der Waals surface area contributed by atoms with Crippen LogP contribution in [0, 0.1) is 5.92 Å². The van der Waals surface area contributed by atoms with Crippen molar-refractivity contribution in [3.63, 3.8) is 0 Å². The van der Waals surface area contributed by atoms with Crippen molar-refractivity contribution in [1.82, 2.24) is 5.32 Å². The molecule has 0 aromatic carbocycles. The van der Waals surface area contributed by atoms with Crippen molar-refractivity contribution < 1.29 is 9.47 Å². The summed E-state index contributed by atoms with van der Waals surface area (Å²) in [7, 11) is 1.67. The van der Waals surface area contributed by atoms with Gasteiger partial charge in [-0.25, -0.2) is 0 Å². The molecule has 0 bridgehead atoms. The van der Waals surface area contributed by atoms with Crippen LogP contribution in [0.4, 0.5) is 0 Å². The summed E-state index contributed by atoms with van der Waals surface area (Å²) in [5.41, 5.74) is 5.78. The van der Waals surface area contributed by atoms with Crippen molar-refractivity contribution in [2.24, 2.45) is 16.6 Å². The molecule has 0 aliphatic rings. The number of hydrogen-bond acceptors (Lipinski definition) is 3. The van der Waals surface area contributed by atoms with E-state index in [2.05, 4.69) is 24.2 Å². The molecule has 0 spiro atoms. The molecule has 2 unspecified atom stereocenters. The fourth-order valence-corrected chi connectivity index (χ4v) is 1.73. The third kappa shape index (κ3) is 11.4. The lowest BCUT2D eigenvalue weighted by atomic mass is 10.0. The number of halogens is 1. The van der Waals surface area contributed by atoms with Gasteiger partial charge in [0.2, 0.25) is 0 Å². The maximum atomic E-state index is 5.78. The Morgan fingerprint density at radius 3 is 2.42 bits per heavy atom. The highest BCUT2D eigenvalue weighted by Gasteiger charge is 2.12. The number of aliphatic imine (C=N–C) groups is 1. The van der Waals surface area contributed by atoms with Gasteiger partial charge in [-0.15, -0.1) is 24.0 Å². The molecule has 0 aromatic heterocycles. The van der Waals surface area contributed by atoms with Crippen molar-refractivity contribution in [1.29, 1.82) is 0 Å². The Morgan fingerprint density at radius 2 is 1.95 bits per heavy atom. The molecule has 2 atom stereocenters. The molecule has 0 aromatic rings. The first-order valence-corrected chi connectivity index (χ1v) is 6.68. The summed E-state index contributed by atoms with van der Waals surface area (Å²) in [6.07, 6.45) is 1.15. The van der Waals surface area contributed by atoms with Gasteiger partial charge in [0.05, 0.1) is 12.7 Å². The molecule has 0 rings (SSSR count). The van der Waals surface area contributed by atoms with Gasteiger partial charge in [0.1, 0.15) is 0 Å². The van der Waals surface area contributed by atoms with Crippen LogP contribution in [-0.4, -0.2) is 45.0 Å². The molecule has 0 fully saturated rings. The minimum absolute atomic E-state index is 0. The maximum absolute atomic E-state index is 5.78. The number of ether oxygens (including phenoxy) is 2. The third-order valence-corrected chi connectivity index (χ3v) is 2.63. The van der Waals surface area contributed by atoms with E-state index < -0.39 is 0 Å². The number of methoxy groups -OCH3 is 1. The zero-order chi connectivity index (χ0) is 14.0. The van der Waals surface area contributed by atoms with E-state index in [9.17, 15) is 0 Å². The van der Waals surface area contributed by atoms with Crippen LogP contribution < -0.4 is 11.1 Å².